The number of hydrogen-bond acceptors (Lipinski definition) is 3. The van der Waals surface area contributed by atoms with Gasteiger partial charge in [-0.1, -0.05) is 6.07 Å². The molecule has 2 atom stereocenters. The number of rotatable bonds is 5. The predicted molar refractivity (Wildman–Crippen MR) is 75.5 cm³/mol. The maximum Gasteiger partial charge on any atom is 0.0416 e. The van der Waals surface area contributed by atoms with Crippen molar-refractivity contribution >= 4 is 11.8 Å². The Morgan fingerprint density at radius 2 is 2.29 bits per heavy atom. The summed E-state index contributed by atoms with van der Waals surface area (Å²) in [5, 5.41) is 0.886. The Morgan fingerprint density at radius 3 is 2.94 bits per heavy atom. The highest BCUT2D eigenvalue weighted by Crippen LogP contribution is 2.30. The summed E-state index contributed by atoms with van der Waals surface area (Å²) in [5.74, 6) is 0. The fraction of sp³-hybridized carbons (Fsp3) is 0.643. The second-order valence-electron chi connectivity index (χ2n) is 4.88. The zero-order valence-electron chi connectivity index (χ0n) is 10.8. The van der Waals surface area contributed by atoms with Gasteiger partial charge in [0.15, 0.2) is 0 Å². The van der Waals surface area contributed by atoms with Gasteiger partial charge in [-0.15, -0.1) is 0 Å². The van der Waals surface area contributed by atoms with Crippen molar-refractivity contribution in [3.8, 4) is 0 Å². The van der Waals surface area contributed by atoms with Crippen LogP contribution in [-0.2, 0) is 6.42 Å². The second-order valence-corrected chi connectivity index (χ2v) is 6.01. The highest BCUT2D eigenvalue weighted by atomic mass is 32.2. The van der Waals surface area contributed by atoms with Crippen LogP contribution in [0.4, 0.5) is 0 Å². The molecule has 0 aromatic carbocycles. The molecule has 2 rings (SSSR count). The molecule has 1 aliphatic carbocycles. The Kier molecular flexibility index (Phi) is 4.86. The van der Waals surface area contributed by atoms with Crippen LogP contribution in [0.5, 0.6) is 0 Å². The van der Waals surface area contributed by atoms with E-state index >= 15 is 0 Å². The van der Waals surface area contributed by atoms with Crippen LogP contribution < -0.4 is 0 Å². The molecule has 0 bridgehead atoms. The minimum absolute atomic E-state index is 0.788. The summed E-state index contributed by atoms with van der Waals surface area (Å²) in [7, 11) is 2.26. The van der Waals surface area contributed by atoms with E-state index < -0.39 is 0 Å². The fourth-order valence-electron chi connectivity index (χ4n) is 2.55. The maximum atomic E-state index is 4.38. The molecular weight excluding hydrogens is 228 g/mol. The molecular formula is C14H22N2S. The number of nitrogens with zero attached hydrogens (tertiary/aromatic N) is 2. The van der Waals surface area contributed by atoms with Crippen LogP contribution in [0.1, 0.15) is 25.0 Å². The van der Waals surface area contributed by atoms with E-state index in [0.717, 1.165) is 24.3 Å². The Bertz CT molecular complexity index is 328. The minimum atomic E-state index is 0.788. The van der Waals surface area contributed by atoms with Gasteiger partial charge in [-0.2, -0.15) is 11.8 Å². The number of pyridine rings is 1. The van der Waals surface area contributed by atoms with Crippen molar-refractivity contribution in [3.05, 3.63) is 30.1 Å². The molecule has 1 aromatic heterocycles. The predicted octanol–water partition coefficient (Wildman–Crippen LogP) is 2.84. The van der Waals surface area contributed by atoms with E-state index in [4.69, 9.17) is 0 Å². The van der Waals surface area contributed by atoms with E-state index in [1.807, 2.05) is 24.0 Å². The maximum absolute atomic E-state index is 4.38. The molecule has 1 fully saturated rings. The summed E-state index contributed by atoms with van der Waals surface area (Å²) in [6, 6.07) is 6.96. The summed E-state index contributed by atoms with van der Waals surface area (Å²) in [4.78, 5) is 6.90. The van der Waals surface area contributed by atoms with Crippen LogP contribution in [0.3, 0.4) is 0 Å². The largest absolute Gasteiger partial charge is 0.303 e. The highest BCUT2D eigenvalue weighted by Gasteiger charge is 2.26. The topological polar surface area (TPSA) is 16.1 Å². The van der Waals surface area contributed by atoms with E-state index in [-0.39, 0.29) is 0 Å². The first-order valence-electron chi connectivity index (χ1n) is 6.42. The standard InChI is InChI=1S/C14H22N2S/c1-16(13-6-7-14(11-13)17-2)10-8-12-5-3-4-9-15-12/h3-5,9,13-14H,6-8,10-11H2,1-2H3/t13-,14-/m1/s1. The Labute approximate surface area is 109 Å². The summed E-state index contributed by atoms with van der Waals surface area (Å²) >= 11 is 2.03. The number of aromatic nitrogens is 1. The average molecular weight is 250 g/mol. The molecule has 17 heavy (non-hydrogen) atoms. The zero-order chi connectivity index (χ0) is 12.1. The number of thioether (sulfide) groups is 1. The molecule has 0 N–H and O–H groups in total. The molecule has 0 spiro atoms. The van der Waals surface area contributed by atoms with Gasteiger partial charge in [0, 0.05) is 36.1 Å². The van der Waals surface area contributed by atoms with Crippen LogP contribution in [0.25, 0.3) is 0 Å². The molecule has 0 radical (unpaired) electrons. The summed E-state index contributed by atoms with van der Waals surface area (Å²) < 4.78 is 0. The van der Waals surface area contributed by atoms with Crippen LogP contribution in [-0.4, -0.2) is 41.0 Å². The Balaban J connectivity index is 1.76. The normalized spacial score (nSPS) is 24.4. The van der Waals surface area contributed by atoms with E-state index in [1.165, 1.54) is 25.0 Å². The van der Waals surface area contributed by atoms with Crippen LogP contribution >= 0.6 is 11.8 Å². The minimum Gasteiger partial charge on any atom is -0.303 e. The van der Waals surface area contributed by atoms with Crippen molar-refractivity contribution in [2.75, 3.05) is 19.8 Å². The first kappa shape index (κ1) is 12.9. The molecule has 0 unspecified atom stereocenters. The van der Waals surface area contributed by atoms with E-state index in [2.05, 4.69) is 35.3 Å². The summed E-state index contributed by atoms with van der Waals surface area (Å²) in [6.45, 7) is 1.13. The molecule has 1 aliphatic rings. The second kappa shape index (κ2) is 6.41. The van der Waals surface area contributed by atoms with Gasteiger partial charge in [0.25, 0.3) is 0 Å². The van der Waals surface area contributed by atoms with Crippen LogP contribution in [0, 0.1) is 0 Å². The fourth-order valence-corrected chi connectivity index (χ4v) is 3.34. The quantitative estimate of drug-likeness (QED) is 0.799. The van der Waals surface area contributed by atoms with Gasteiger partial charge in [0.1, 0.15) is 0 Å². The third kappa shape index (κ3) is 3.71. The lowest BCUT2D eigenvalue weighted by Crippen LogP contribution is -2.31. The number of hydrogen-bond donors (Lipinski definition) is 0. The lowest BCUT2D eigenvalue weighted by atomic mass is 10.2. The monoisotopic (exact) mass is 250 g/mol. The van der Waals surface area contributed by atoms with Crippen molar-refractivity contribution in [1.82, 2.24) is 9.88 Å². The SMILES string of the molecule is CS[C@@H]1CC[C@@H](N(C)CCc2ccccn2)C1. The molecule has 0 saturated heterocycles. The molecule has 3 heteroatoms. The molecule has 1 saturated carbocycles. The van der Waals surface area contributed by atoms with Crippen molar-refractivity contribution in [1.29, 1.82) is 0 Å². The molecule has 2 nitrogen and oxygen atoms in total. The summed E-state index contributed by atoms with van der Waals surface area (Å²) in [5.41, 5.74) is 1.21. The Hall–Kier alpha value is -0.540. The van der Waals surface area contributed by atoms with Crippen molar-refractivity contribution < 1.29 is 0 Å². The average Bonchev–Trinajstić information content (AvgIpc) is 2.86. The zero-order valence-corrected chi connectivity index (χ0v) is 11.6. The highest BCUT2D eigenvalue weighted by molar-refractivity contribution is 7.99. The lowest BCUT2D eigenvalue weighted by molar-refractivity contribution is 0.248. The van der Waals surface area contributed by atoms with Crippen LogP contribution in [0.2, 0.25) is 0 Å². The first-order chi connectivity index (χ1) is 8.29. The molecule has 0 aliphatic heterocycles. The van der Waals surface area contributed by atoms with Crippen molar-refractivity contribution in [3.63, 3.8) is 0 Å². The van der Waals surface area contributed by atoms with Gasteiger partial charge in [-0.05, 0) is 44.7 Å². The van der Waals surface area contributed by atoms with Crippen molar-refractivity contribution in [2.24, 2.45) is 0 Å². The van der Waals surface area contributed by atoms with Gasteiger partial charge in [-0.25, -0.2) is 0 Å². The first-order valence-corrected chi connectivity index (χ1v) is 7.71. The van der Waals surface area contributed by atoms with Gasteiger partial charge < -0.3 is 4.90 Å². The number of likely N-dealkylation sites (N-methyl/N-ethyl adjacent to an activating group) is 1. The molecule has 1 aromatic rings. The van der Waals surface area contributed by atoms with Gasteiger partial charge in [-0.3, -0.25) is 4.98 Å². The van der Waals surface area contributed by atoms with Gasteiger partial charge in [0.2, 0.25) is 0 Å². The van der Waals surface area contributed by atoms with E-state index in [0.29, 0.717) is 0 Å². The van der Waals surface area contributed by atoms with E-state index in [9.17, 15) is 0 Å². The van der Waals surface area contributed by atoms with E-state index in [1.54, 1.807) is 0 Å². The molecule has 1 heterocycles. The summed E-state index contributed by atoms with van der Waals surface area (Å²) in [6.07, 6.45) is 9.30. The third-order valence-corrected chi connectivity index (χ3v) is 4.86. The third-order valence-electron chi connectivity index (χ3n) is 3.76. The Morgan fingerprint density at radius 1 is 1.41 bits per heavy atom. The molecule has 0 amide bonds. The van der Waals surface area contributed by atoms with Gasteiger partial charge in [0.05, 0.1) is 0 Å². The van der Waals surface area contributed by atoms with Crippen molar-refractivity contribution in [2.45, 2.75) is 37.0 Å². The molecule has 94 valence electrons. The van der Waals surface area contributed by atoms with Crippen LogP contribution in [0.15, 0.2) is 24.4 Å². The smallest absolute Gasteiger partial charge is 0.0416 e. The lowest BCUT2D eigenvalue weighted by Gasteiger charge is -2.24. The van der Waals surface area contributed by atoms with Gasteiger partial charge >= 0.3 is 0 Å².